The van der Waals surface area contributed by atoms with E-state index in [-0.39, 0.29) is 40.8 Å². The molecule has 158 valence electrons. The maximum Gasteiger partial charge on any atom is 0.303 e. The lowest BCUT2D eigenvalue weighted by Crippen LogP contribution is -2.55. The maximum absolute atomic E-state index is 15.4. The van der Waals surface area contributed by atoms with Crippen molar-refractivity contribution in [3.63, 3.8) is 0 Å². The van der Waals surface area contributed by atoms with Crippen molar-refractivity contribution in [1.29, 1.82) is 0 Å². The minimum Gasteiger partial charge on any atom is -0.458 e. The highest BCUT2D eigenvalue weighted by molar-refractivity contribution is 5.92. The number of carbonyl (C=O) groups is 3. The van der Waals surface area contributed by atoms with Crippen LogP contribution >= 0.6 is 0 Å². The Morgan fingerprint density at radius 1 is 1.17 bits per heavy atom. The molecule has 0 amide bonds. The smallest absolute Gasteiger partial charge is 0.303 e. The van der Waals surface area contributed by atoms with Gasteiger partial charge in [0.1, 0.15) is 12.8 Å². The van der Waals surface area contributed by atoms with E-state index < -0.39 is 12.1 Å². The summed E-state index contributed by atoms with van der Waals surface area (Å²) < 4.78 is 20.4. The molecule has 0 aromatic heterocycles. The molecule has 4 saturated carbocycles. The number of fused-ring (bicyclic) bond motifs is 7. The molecule has 29 heavy (non-hydrogen) atoms. The van der Waals surface area contributed by atoms with Gasteiger partial charge in [-0.1, -0.05) is 13.8 Å². The number of esters is 1. The molecule has 4 nitrogen and oxygen atoms in total. The van der Waals surface area contributed by atoms with Crippen LogP contribution in [0.2, 0.25) is 0 Å². The van der Waals surface area contributed by atoms with Crippen molar-refractivity contribution >= 4 is 17.5 Å². The third-order valence-corrected chi connectivity index (χ3v) is 9.49. The number of halogens is 1. The van der Waals surface area contributed by atoms with E-state index >= 15 is 4.39 Å². The lowest BCUT2D eigenvalue weighted by molar-refractivity contribution is -0.150. The SMILES string of the molecule is CC(=O)OCC(=O)[C@H]1[C@@H]2C[C@@H]2[C@H]2[C@@H]3C[C@H](F)C4=CC(=O)CC[C@]4(C)[C@H]3CC[C@@]21C. The molecule has 0 bridgehead atoms. The molecule has 9 atom stereocenters. The van der Waals surface area contributed by atoms with E-state index in [9.17, 15) is 14.4 Å². The molecule has 0 radical (unpaired) electrons. The molecule has 5 rings (SSSR count). The maximum atomic E-state index is 15.4. The van der Waals surface area contributed by atoms with Crippen molar-refractivity contribution in [2.45, 2.75) is 65.5 Å². The normalized spacial score (nSPS) is 49.9. The standard InChI is InChI=1S/C24H31FO4/c1-12(26)29-11-20(28)22-15-9-14(15)21-16-10-19(25)18-8-13(27)4-6-23(18,2)17(16)5-7-24(21,22)3/h8,14-17,19,21-22H,4-7,9-11H2,1-3H3/t14-,15+,16+,17-,19-,21-,22+,23+,24-/m0/s1. The van der Waals surface area contributed by atoms with Crippen LogP contribution in [0.25, 0.3) is 0 Å². The summed E-state index contributed by atoms with van der Waals surface area (Å²) in [6.07, 6.45) is 5.35. The predicted molar refractivity (Wildman–Crippen MR) is 104 cm³/mol. The third-order valence-electron chi connectivity index (χ3n) is 9.49. The van der Waals surface area contributed by atoms with E-state index in [1.807, 2.05) is 0 Å². The number of allylic oxidation sites excluding steroid dienone is 1. The van der Waals surface area contributed by atoms with Crippen LogP contribution in [-0.4, -0.2) is 30.3 Å². The second kappa shape index (κ2) is 6.24. The Bertz CT molecular complexity index is 818. The first kappa shape index (κ1) is 19.4. The van der Waals surface area contributed by atoms with Crippen LogP contribution in [0.1, 0.15) is 59.3 Å². The van der Waals surface area contributed by atoms with Crippen LogP contribution in [-0.2, 0) is 19.1 Å². The number of alkyl halides is 1. The molecule has 0 spiro atoms. The fourth-order valence-electron chi connectivity index (χ4n) is 8.40. The first-order chi connectivity index (χ1) is 13.7. The van der Waals surface area contributed by atoms with Crippen LogP contribution in [0.5, 0.6) is 0 Å². The first-order valence-corrected chi connectivity index (χ1v) is 11.2. The number of rotatable bonds is 3. The zero-order valence-electron chi connectivity index (χ0n) is 17.6. The van der Waals surface area contributed by atoms with Gasteiger partial charge in [0.25, 0.3) is 0 Å². The Hall–Kier alpha value is -1.52. The minimum absolute atomic E-state index is 0.0545. The zero-order chi connectivity index (χ0) is 20.7. The van der Waals surface area contributed by atoms with Gasteiger partial charge in [-0.05, 0) is 84.2 Å². The average molecular weight is 403 g/mol. The molecule has 0 saturated heterocycles. The fourth-order valence-corrected chi connectivity index (χ4v) is 8.40. The lowest BCUT2D eigenvalue weighted by Gasteiger charge is -2.59. The molecule has 4 fully saturated rings. The van der Waals surface area contributed by atoms with Crippen molar-refractivity contribution in [3.05, 3.63) is 11.6 Å². The Labute approximate surface area is 171 Å². The van der Waals surface area contributed by atoms with Gasteiger partial charge >= 0.3 is 5.97 Å². The van der Waals surface area contributed by atoms with Gasteiger partial charge in [0.05, 0.1) is 0 Å². The summed E-state index contributed by atoms with van der Waals surface area (Å²) >= 11 is 0. The Kier molecular flexibility index (Phi) is 4.19. The van der Waals surface area contributed by atoms with Crippen LogP contribution in [0.4, 0.5) is 4.39 Å². The van der Waals surface area contributed by atoms with Gasteiger partial charge in [-0.3, -0.25) is 14.4 Å². The van der Waals surface area contributed by atoms with E-state index in [1.165, 1.54) is 6.92 Å². The van der Waals surface area contributed by atoms with Crippen LogP contribution in [0.3, 0.4) is 0 Å². The van der Waals surface area contributed by atoms with Gasteiger partial charge in [0, 0.05) is 19.3 Å². The number of carbonyl (C=O) groups excluding carboxylic acids is 3. The van der Waals surface area contributed by atoms with E-state index in [4.69, 9.17) is 4.74 Å². The number of ether oxygens (including phenoxy) is 1. The summed E-state index contributed by atoms with van der Waals surface area (Å²) in [6.45, 7) is 5.63. The number of hydrogen-bond donors (Lipinski definition) is 0. The summed E-state index contributed by atoms with van der Waals surface area (Å²) in [5.74, 6) is 1.57. The molecule has 0 aromatic carbocycles. The lowest BCUT2D eigenvalue weighted by atomic mass is 9.45. The van der Waals surface area contributed by atoms with Crippen molar-refractivity contribution < 1.29 is 23.5 Å². The van der Waals surface area contributed by atoms with Crippen molar-refractivity contribution in [1.82, 2.24) is 0 Å². The molecule has 0 aliphatic heterocycles. The quantitative estimate of drug-likeness (QED) is 0.668. The van der Waals surface area contributed by atoms with Crippen LogP contribution in [0, 0.1) is 46.3 Å². The molecule has 5 heteroatoms. The Balaban J connectivity index is 1.45. The van der Waals surface area contributed by atoms with Gasteiger partial charge in [0.2, 0.25) is 0 Å². The first-order valence-electron chi connectivity index (χ1n) is 11.2. The summed E-state index contributed by atoms with van der Waals surface area (Å²) in [6, 6.07) is 0. The highest BCUT2D eigenvalue weighted by Crippen LogP contribution is 2.75. The van der Waals surface area contributed by atoms with Crippen LogP contribution in [0.15, 0.2) is 11.6 Å². The Morgan fingerprint density at radius 2 is 1.93 bits per heavy atom. The van der Waals surface area contributed by atoms with Crippen molar-refractivity contribution in [2.75, 3.05) is 6.61 Å². The summed E-state index contributed by atoms with van der Waals surface area (Å²) in [5, 5.41) is 0. The van der Waals surface area contributed by atoms with Gasteiger partial charge in [-0.2, -0.15) is 0 Å². The Morgan fingerprint density at radius 3 is 2.66 bits per heavy atom. The van der Waals surface area contributed by atoms with Gasteiger partial charge in [-0.25, -0.2) is 4.39 Å². The summed E-state index contributed by atoms with van der Waals surface area (Å²) in [5.41, 5.74) is 0.404. The van der Waals surface area contributed by atoms with E-state index in [0.29, 0.717) is 36.5 Å². The average Bonchev–Trinajstić information content (AvgIpc) is 3.35. The van der Waals surface area contributed by atoms with E-state index in [2.05, 4.69) is 13.8 Å². The molecular formula is C24H31FO4. The molecule has 5 aliphatic carbocycles. The summed E-state index contributed by atoms with van der Waals surface area (Å²) in [4.78, 5) is 36.2. The number of ketones is 2. The topological polar surface area (TPSA) is 60.4 Å². The second-order valence-corrected chi connectivity index (χ2v) is 10.8. The highest BCUT2D eigenvalue weighted by atomic mass is 19.1. The fraction of sp³-hybridized carbons (Fsp3) is 0.792. The molecule has 5 aliphatic rings. The molecule has 0 aromatic rings. The van der Waals surface area contributed by atoms with E-state index in [1.54, 1.807) is 6.08 Å². The minimum atomic E-state index is -1.04. The van der Waals surface area contributed by atoms with Crippen molar-refractivity contribution in [3.8, 4) is 0 Å². The summed E-state index contributed by atoms with van der Waals surface area (Å²) in [7, 11) is 0. The zero-order valence-corrected chi connectivity index (χ0v) is 17.6. The van der Waals surface area contributed by atoms with Gasteiger partial charge in [-0.15, -0.1) is 0 Å². The number of Topliss-reactive ketones (excluding diaryl/α,β-unsaturated/α-hetero) is 1. The largest absolute Gasteiger partial charge is 0.458 e. The predicted octanol–water partition coefficient (Wildman–Crippen LogP) is 4.07. The third kappa shape index (κ3) is 2.64. The highest BCUT2D eigenvalue weighted by Gasteiger charge is 2.72. The monoisotopic (exact) mass is 402 g/mol. The molecule has 0 unspecified atom stereocenters. The van der Waals surface area contributed by atoms with Crippen molar-refractivity contribution in [2.24, 2.45) is 46.3 Å². The van der Waals surface area contributed by atoms with Gasteiger partial charge in [0.15, 0.2) is 11.6 Å². The molecule has 0 heterocycles. The number of hydrogen-bond acceptors (Lipinski definition) is 4. The molecule has 0 N–H and O–H groups in total. The van der Waals surface area contributed by atoms with Gasteiger partial charge < -0.3 is 4.74 Å². The van der Waals surface area contributed by atoms with Crippen LogP contribution < -0.4 is 0 Å². The molecular weight excluding hydrogens is 371 g/mol. The second-order valence-electron chi connectivity index (χ2n) is 10.8. The van der Waals surface area contributed by atoms with E-state index in [0.717, 1.165) is 31.3 Å².